The molecule has 0 amide bonds. The maximum Gasteiger partial charge on any atom is 0.261 e. The fourth-order valence-corrected chi connectivity index (χ4v) is 3.08. The highest BCUT2D eigenvalue weighted by Crippen LogP contribution is 2.21. The SMILES string of the molecule is Cc1ccc(C)c(NS(=O)(=O)c2cccc(CN)c2)c1. The molecule has 0 saturated heterocycles. The first kappa shape index (κ1) is 14.6. The first-order chi connectivity index (χ1) is 9.42. The van der Waals surface area contributed by atoms with Crippen molar-refractivity contribution in [1.82, 2.24) is 0 Å². The van der Waals surface area contributed by atoms with Crippen molar-refractivity contribution in [2.75, 3.05) is 4.72 Å². The molecule has 2 aromatic carbocycles. The lowest BCUT2D eigenvalue weighted by Gasteiger charge is -2.12. The van der Waals surface area contributed by atoms with Crippen LogP contribution in [0.1, 0.15) is 16.7 Å². The Morgan fingerprint density at radius 1 is 1.10 bits per heavy atom. The fraction of sp³-hybridized carbons (Fsp3) is 0.200. The third kappa shape index (κ3) is 3.18. The molecule has 5 heteroatoms. The normalized spacial score (nSPS) is 11.3. The highest BCUT2D eigenvalue weighted by atomic mass is 32.2. The monoisotopic (exact) mass is 290 g/mol. The Morgan fingerprint density at radius 2 is 1.85 bits per heavy atom. The summed E-state index contributed by atoms with van der Waals surface area (Å²) in [6, 6.07) is 12.3. The Kier molecular flexibility index (Phi) is 4.11. The summed E-state index contributed by atoms with van der Waals surface area (Å²) in [5.41, 5.74) is 8.82. The van der Waals surface area contributed by atoms with Gasteiger partial charge >= 0.3 is 0 Å². The summed E-state index contributed by atoms with van der Waals surface area (Å²) in [4.78, 5) is 0.223. The predicted molar refractivity (Wildman–Crippen MR) is 81.1 cm³/mol. The van der Waals surface area contributed by atoms with Crippen LogP contribution in [0.25, 0.3) is 0 Å². The van der Waals surface area contributed by atoms with Crippen LogP contribution < -0.4 is 10.5 Å². The summed E-state index contributed by atoms with van der Waals surface area (Å²) in [5, 5.41) is 0. The molecular formula is C15H18N2O2S. The van der Waals surface area contributed by atoms with E-state index in [-0.39, 0.29) is 4.90 Å². The molecule has 0 aliphatic rings. The van der Waals surface area contributed by atoms with Crippen molar-refractivity contribution in [3.8, 4) is 0 Å². The summed E-state index contributed by atoms with van der Waals surface area (Å²) in [5.74, 6) is 0. The fourth-order valence-electron chi connectivity index (χ4n) is 1.89. The van der Waals surface area contributed by atoms with Crippen LogP contribution in [-0.2, 0) is 16.6 Å². The molecule has 0 atom stereocenters. The molecule has 20 heavy (non-hydrogen) atoms. The van der Waals surface area contributed by atoms with Crippen molar-refractivity contribution >= 4 is 15.7 Å². The Labute approximate surface area is 119 Å². The minimum atomic E-state index is -3.59. The number of sulfonamides is 1. The van der Waals surface area contributed by atoms with E-state index in [4.69, 9.17) is 5.73 Å². The number of rotatable bonds is 4. The quantitative estimate of drug-likeness (QED) is 0.909. The van der Waals surface area contributed by atoms with Gasteiger partial charge in [0.1, 0.15) is 0 Å². The number of hydrogen-bond acceptors (Lipinski definition) is 3. The van der Waals surface area contributed by atoms with Crippen molar-refractivity contribution in [1.29, 1.82) is 0 Å². The van der Waals surface area contributed by atoms with Gasteiger partial charge in [-0.2, -0.15) is 0 Å². The predicted octanol–water partition coefficient (Wildman–Crippen LogP) is 2.56. The molecule has 0 spiro atoms. The maximum atomic E-state index is 12.4. The second-order valence-corrected chi connectivity index (χ2v) is 6.46. The van der Waals surface area contributed by atoms with E-state index in [1.54, 1.807) is 24.3 Å². The first-order valence-electron chi connectivity index (χ1n) is 6.31. The summed E-state index contributed by atoms with van der Waals surface area (Å²) < 4.78 is 27.4. The lowest BCUT2D eigenvalue weighted by Crippen LogP contribution is -2.14. The van der Waals surface area contributed by atoms with Crippen LogP contribution in [0.5, 0.6) is 0 Å². The van der Waals surface area contributed by atoms with E-state index in [1.807, 2.05) is 32.0 Å². The number of nitrogens with one attached hydrogen (secondary N) is 1. The van der Waals surface area contributed by atoms with Crippen LogP contribution in [-0.4, -0.2) is 8.42 Å². The number of anilines is 1. The first-order valence-corrected chi connectivity index (χ1v) is 7.80. The van der Waals surface area contributed by atoms with Crippen molar-refractivity contribution in [2.24, 2.45) is 5.73 Å². The molecule has 2 rings (SSSR count). The van der Waals surface area contributed by atoms with Gasteiger partial charge in [0.15, 0.2) is 0 Å². The van der Waals surface area contributed by atoms with Gasteiger partial charge in [-0.1, -0.05) is 24.3 Å². The number of nitrogens with two attached hydrogens (primary N) is 1. The minimum absolute atomic E-state index is 0.223. The average Bonchev–Trinajstić information content (AvgIpc) is 2.43. The van der Waals surface area contributed by atoms with Crippen LogP contribution >= 0.6 is 0 Å². The zero-order valence-electron chi connectivity index (χ0n) is 11.6. The van der Waals surface area contributed by atoms with E-state index in [9.17, 15) is 8.42 Å². The molecule has 3 N–H and O–H groups in total. The average molecular weight is 290 g/mol. The Morgan fingerprint density at radius 3 is 2.55 bits per heavy atom. The van der Waals surface area contributed by atoms with Gasteiger partial charge in [-0.25, -0.2) is 8.42 Å². The van der Waals surface area contributed by atoms with Crippen LogP contribution in [0.15, 0.2) is 47.4 Å². The lowest BCUT2D eigenvalue weighted by molar-refractivity contribution is 0.601. The topological polar surface area (TPSA) is 72.2 Å². The van der Waals surface area contributed by atoms with Crippen molar-refractivity contribution < 1.29 is 8.42 Å². The molecule has 0 bridgehead atoms. The summed E-state index contributed by atoms with van der Waals surface area (Å²) in [7, 11) is -3.59. The molecule has 0 unspecified atom stereocenters. The smallest absolute Gasteiger partial charge is 0.261 e. The molecule has 0 aliphatic heterocycles. The minimum Gasteiger partial charge on any atom is -0.326 e. The Balaban J connectivity index is 2.38. The zero-order valence-corrected chi connectivity index (χ0v) is 12.4. The van der Waals surface area contributed by atoms with Gasteiger partial charge in [-0.05, 0) is 48.7 Å². The van der Waals surface area contributed by atoms with Gasteiger partial charge < -0.3 is 5.73 Å². The molecule has 0 radical (unpaired) electrons. The van der Waals surface area contributed by atoms with E-state index >= 15 is 0 Å². The van der Waals surface area contributed by atoms with Gasteiger partial charge in [0, 0.05) is 6.54 Å². The van der Waals surface area contributed by atoms with Crippen molar-refractivity contribution in [3.63, 3.8) is 0 Å². The van der Waals surface area contributed by atoms with Crippen LogP contribution in [0, 0.1) is 13.8 Å². The molecule has 4 nitrogen and oxygen atoms in total. The largest absolute Gasteiger partial charge is 0.326 e. The number of benzene rings is 2. The standard InChI is InChI=1S/C15H18N2O2S/c1-11-6-7-12(2)15(8-11)17-20(18,19)14-5-3-4-13(9-14)10-16/h3-9,17H,10,16H2,1-2H3. The second kappa shape index (κ2) is 5.64. The Hall–Kier alpha value is -1.85. The van der Waals surface area contributed by atoms with Gasteiger partial charge in [0.2, 0.25) is 0 Å². The number of aryl methyl sites for hydroxylation is 2. The molecule has 0 aromatic heterocycles. The van der Waals surface area contributed by atoms with Crippen molar-refractivity contribution in [2.45, 2.75) is 25.3 Å². The van der Waals surface area contributed by atoms with E-state index in [0.29, 0.717) is 12.2 Å². The molecule has 0 heterocycles. The summed E-state index contributed by atoms with van der Waals surface area (Å²) in [6.07, 6.45) is 0. The van der Waals surface area contributed by atoms with Gasteiger partial charge in [-0.15, -0.1) is 0 Å². The third-order valence-electron chi connectivity index (χ3n) is 3.08. The van der Waals surface area contributed by atoms with Crippen LogP contribution in [0.4, 0.5) is 5.69 Å². The van der Waals surface area contributed by atoms with Crippen molar-refractivity contribution in [3.05, 3.63) is 59.2 Å². The van der Waals surface area contributed by atoms with E-state index < -0.39 is 10.0 Å². The molecular weight excluding hydrogens is 272 g/mol. The van der Waals surface area contributed by atoms with Crippen LogP contribution in [0.3, 0.4) is 0 Å². The molecule has 0 fully saturated rings. The molecule has 0 saturated carbocycles. The van der Waals surface area contributed by atoms with Gasteiger partial charge in [0.25, 0.3) is 10.0 Å². The summed E-state index contributed by atoms with van der Waals surface area (Å²) >= 11 is 0. The van der Waals surface area contributed by atoms with Gasteiger partial charge in [-0.3, -0.25) is 4.72 Å². The Bertz CT molecular complexity index is 724. The molecule has 0 aliphatic carbocycles. The van der Waals surface area contributed by atoms with Crippen LogP contribution in [0.2, 0.25) is 0 Å². The summed E-state index contributed by atoms with van der Waals surface area (Å²) in [6.45, 7) is 4.10. The highest BCUT2D eigenvalue weighted by Gasteiger charge is 2.15. The molecule has 106 valence electrons. The molecule has 2 aromatic rings. The van der Waals surface area contributed by atoms with E-state index in [2.05, 4.69) is 4.72 Å². The van der Waals surface area contributed by atoms with E-state index in [1.165, 1.54) is 0 Å². The second-order valence-electron chi connectivity index (χ2n) is 4.78. The van der Waals surface area contributed by atoms with Gasteiger partial charge in [0.05, 0.1) is 10.6 Å². The highest BCUT2D eigenvalue weighted by molar-refractivity contribution is 7.92. The number of hydrogen-bond donors (Lipinski definition) is 2. The maximum absolute atomic E-state index is 12.4. The zero-order chi connectivity index (χ0) is 14.8. The lowest BCUT2D eigenvalue weighted by atomic mass is 10.1. The van der Waals surface area contributed by atoms with E-state index in [0.717, 1.165) is 16.7 Å². The third-order valence-corrected chi connectivity index (χ3v) is 4.45.